The second kappa shape index (κ2) is 11.2. The van der Waals surface area contributed by atoms with Gasteiger partial charge in [-0.2, -0.15) is 23.5 Å². The molecule has 0 radical (unpaired) electrons. The van der Waals surface area contributed by atoms with Crippen LogP contribution in [0.15, 0.2) is 60.2 Å². The number of hydrogen-bond donors (Lipinski definition) is 1. The highest BCUT2D eigenvalue weighted by Gasteiger charge is 2.72. The zero-order chi connectivity index (χ0) is 32.4. The van der Waals surface area contributed by atoms with Crippen LogP contribution in [0, 0.1) is 40.9 Å². The number of alkyl halides is 3. The van der Waals surface area contributed by atoms with Crippen LogP contribution in [0.5, 0.6) is 0 Å². The molecule has 7 rings (SSSR count). The minimum Gasteiger partial charge on any atom is -0.346 e. The van der Waals surface area contributed by atoms with E-state index in [-0.39, 0.29) is 17.5 Å². The number of fused-ring (bicyclic) bond motifs is 2. The van der Waals surface area contributed by atoms with E-state index < -0.39 is 29.6 Å². The summed E-state index contributed by atoms with van der Waals surface area (Å²) in [5.74, 6) is 0.172. The molecule has 11 heteroatoms. The molecule has 4 aliphatic rings. The number of carbonyl (C=O) groups is 1. The summed E-state index contributed by atoms with van der Waals surface area (Å²) in [5, 5.41) is 15.9. The van der Waals surface area contributed by atoms with Gasteiger partial charge < -0.3 is 9.88 Å². The van der Waals surface area contributed by atoms with E-state index in [0.717, 1.165) is 66.2 Å². The summed E-state index contributed by atoms with van der Waals surface area (Å²) in [6.07, 6.45) is 11.5. The van der Waals surface area contributed by atoms with Gasteiger partial charge in [0.2, 0.25) is 0 Å². The van der Waals surface area contributed by atoms with Crippen molar-refractivity contribution in [3.63, 3.8) is 0 Å². The van der Waals surface area contributed by atoms with E-state index >= 15 is 0 Å². The number of nitriles is 1. The van der Waals surface area contributed by atoms with Crippen molar-refractivity contribution in [2.75, 3.05) is 13.1 Å². The summed E-state index contributed by atoms with van der Waals surface area (Å²) in [5.41, 5.74) is 3.99. The lowest BCUT2D eigenvalue weighted by Gasteiger charge is -2.29. The second-order valence-electron chi connectivity index (χ2n) is 13.5. The van der Waals surface area contributed by atoms with Crippen molar-refractivity contribution < 1.29 is 18.0 Å². The Balaban J connectivity index is 1.05. The van der Waals surface area contributed by atoms with Gasteiger partial charge in [-0.1, -0.05) is 26.5 Å². The molecule has 240 valence electrons. The second-order valence-corrected chi connectivity index (χ2v) is 13.5. The van der Waals surface area contributed by atoms with Crippen LogP contribution in [-0.2, 0) is 16.8 Å². The molecule has 3 aromatic rings. The lowest BCUT2D eigenvalue weighted by atomic mass is 9.80. The number of aryl methyl sites for hydroxylation is 1. The van der Waals surface area contributed by atoms with Crippen molar-refractivity contribution in [2.45, 2.75) is 70.1 Å². The third kappa shape index (κ3) is 4.79. The molecular formula is C35H38F3N7O. The van der Waals surface area contributed by atoms with Gasteiger partial charge in [-0.3, -0.25) is 14.5 Å². The molecule has 3 fully saturated rings. The SMILES string of the molecule is C=C(C#N)C1(n2cc(-c3c(CC)cnc4[nH]ccc34)cn2)C2CC(C3CCCN(C(=O)C4=NC(C(F)(F)F)C(C)C=C4)CC3)C[C@@H]21. The minimum atomic E-state index is -4.49. The van der Waals surface area contributed by atoms with Gasteiger partial charge in [0.25, 0.3) is 5.91 Å². The van der Waals surface area contributed by atoms with Crippen molar-refractivity contribution >= 4 is 22.7 Å². The summed E-state index contributed by atoms with van der Waals surface area (Å²) in [4.78, 5) is 26.5. The fourth-order valence-electron chi connectivity index (χ4n) is 8.79. The smallest absolute Gasteiger partial charge is 0.346 e. The first kappa shape index (κ1) is 30.5. The quantitative estimate of drug-likeness (QED) is 0.309. The van der Waals surface area contributed by atoms with Crippen LogP contribution in [0.1, 0.15) is 51.5 Å². The van der Waals surface area contributed by atoms with Gasteiger partial charge in [-0.05, 0) is 79.9 Å². The summed E-state index contributed by atoms with van der Waals surface area (Å²) < 4.78 is 42.4. The third-order valence-electron chi connectivity index (χ3n) is 11.2. The minimum absolute atomic E-state index is 0.102. The van der Waals surface area contributed by atoms with Crippen LogP contribution in [0.4, 0.5) is 13.2 Å². The Labute approximate surface area is 266 Å². The van der Waals surface area contributed by atoms with Crippen molar-refractivity contribution in [3.8, 4) is 17.2 Å². The zero-order valence-electron chi connectivity index (χ0n) is 26.1. The molecule has 1 saturated heterocycles. The van der Waals surface area contributed by atoms with Crippen molar-refractivity contribution in [2.24, 2.45) is 34.6 Å². The van der Waals surface area contributed by atoms with E-state index in [1.54, 1.807) is 4.90 Å². The number of aliphatic imine (C=N–C) groups is 1. The van der Waals surface area contributed by atoms with Gasteiger partial charge in [-0.25, -0.2) is 4.98 Å². The van der Waals surface area contributed by atoms with Crippen molar-refractivity contribution in [1.29, 1.82) is 5.26 Å². The number of allylic oxidation sites excluding steroid dienone is 1. The Bertz CT molecular complexity index is 1780. The van der Waals surface area contributed by atoms with Crippen molar-refractivity contribution in [3.05, 3.63) is 60.7 Å². The lowest BCUT2D eigenvalue weighted by Crippen LogP contribution is -2.41. The highest BCUT2D eigenvalue weighted by molar-refractivity contribution is 6.43. The highest BCUT2D eigenvalue weighted by atomic mass is 19.4. The Morgan fingerprint density at radius 1 is 1.20 bits per heavy atom. The molecule has 2 aliphatic carbocycles. The number of pyridine rings is 1. The average Bonchev–Trinajstić information content (AvgIpc) is 3.50. The molecule has 5 heterocycles. The first-order valence-electron chi connectivity index (χ1n) is 16.3. The maximum atomic E-state index is 13.5. The first-order chi connectivity index (χ1) is 22.1. The molecule has 8 nitrogen and oxygen atoms in total. The standard InChI is InChI=1S/C35H38F3N7O/c1-4-22-17-41-32-26(9-11-40-32)30(22)25-18-42-45(19-25)34(21(3)16-39)27-14-24(15-28(27)34)23-6-5-12-44(13-10-23)33(46)29-8-7-20(2)31(43-29)35(36,37)38/h7-9,11,17-20,23-24,27-28,31H,3-6,10,12-15H2,1-2H3,(H,40,41)/t20?,23?,24?,27-,28?,31?,34?/m0/s1. The number of nitrogens with one attached hydrogen (secondary N) is 1. The molecule has 7 atom stereocenters. The van der Waals surface area contributed by atoms with E-state index in [0.29, 0.717) is 30.5 Å². The molecule has 3 aromatic heterocycles. The van der Waals surface area contributed by atoms with Crippen LogP contribution in [0.25, 0.3) is 22.2 Å². The topological polar surface area (TPSA) is 103 Å². The van der Waals surface area contributed by atoms with E-state index in [9.17, 15) is 23.2 Å². The maximum absolute atomic E-state index is 13.5. The van der Waals surface area contributed by atoms with Gasteiger partial charge in [-0.15, -0.1) is 0 Å². The number of halogens is 3. The van der Waals surface area contributed by atoms with Crippen LogP contribution in [-0.4, -0.2) is 61.6 Å². The predicted octanol–water partition coefficient (Wildman–Crippen LogP) is 6.63. The Kier molecular flexibility index (Phi) is 7.45. The van der Waals surface area contributed by atoms with E-state index in [2.05, 4.69) is 40.7 Å². The van der Waals surface area contributed by atoms with Crippen LogP contribution < -0.4 is 0 Å². The predicted molar refractivity (Wildman–Crippen MR) is 169 cm³/mol. The Hall–Kier alpha value is -4.20. The molecule has 2 saturated carbocycles. The average molecular weight is 630 g/mol. The van der Waals surface area contributed by atoms with E-state index in [1.807, 2.05) is 29.3 Å². The number of carbonyl (C=O) groups excluding carboxylic acids is 1. The van der Waals surface area contributed by atoms with Crippen molar-refractivity contribution in [1.82, 2.24) is 24.6 Å². The number of aromatic amines is 1. The number of amides is 1. The summed E-state index contributed by atoms with van der Waals surface area (Å²) in [7, 11) is 0. The molecule has 46 heavy (non-hydrogen) atoms. The molecule has 1 amide bonds. The fraction of sp³-hybridized carbons (Fsp3) is 0.514. The zero-order valence-corrected chi connectivity index (χ0v) is 26.1. The summed E-state index contributed by atoms with van der Waals surface area (Å²) in [6.45, 7) is 8.81. The molecule has 2 aliphatic heterocycles. The highest BCUT2D eigenvalue weighted by Crippen LogP contribution is 2.70. The molecule has 0 bridgehead atoms. The normalized spacial score (nSPS) is 30.9. The van der Waals surface area contributed by atoms with Gasteiger partial charge in [0.15, 0.2) is 6.04 Å². The first-order valence-corrected chi connectivity index (χ1v) is 16.3. The Morgan fingerprint density at radius 3 is 2.70 bits per heavy atom. The number of nitrogens with zero attached hydrogens (tertiary/aromatic N) is 6. The third-order valence-corrected chi connectivity index (χ3v) is 11.2. The van der Waals surface area contributed by atoms with Gasteiger partial charge >= 0.3 is 6.18 Å². The summed E-state index contributed by atoms with van der Waals surface area (Å²) >= 11 is 0. The number of dihydropyridines is 1. The number of hydrogen-bond acceptors (Lipinski definition) is 5. The number of H-pyrrole nitrogens is 1. The van der Waals surface area contributed by atoms with Crippen LogP contribution >= 0.6 is 0 Å². The molecule has 6 unspecified atom stereocenters. The number of rotatable bonds is 6. The number of aromatic nitrogens is 4. The van der Waals surface area contributed by atoms with Crippen LogP contribution in [0.2, 0.25) is 0 Å². The van der Waals surface area contributed by atoms with E-state index in [1.165, 1.54) is 19.1 Å². The van der Waals surface area contributed by atoms with Gasteiger partial charge in [0, 0.05) is 54.1 Å². The molecule has 0 spiro atoms. The van der Waals surface area contributed by atoms with E-state index in [4.69, 9.17) is 5.10 Å². The largest absolute Gasteiger partial charge is 0.411 e. The number of likely N-dealkylation sites (tertiary alicyclic amines) is 1. The lowest BCUT2D eigenvalue weighted by molar-refractivity contribution is -0.153. The maximum Gasteiger partial charge on any atom is 0.411 e. The fourth-order valence-corrected chi connectivity index (χ4v) is 8.79. The van der Waals surface area contributed by atoms with Gasteiger partial charge in [0.05, 0.1) is 17.8 Å². The monoisotopic (exact) mass is 629 g/mol. The molecule has 1 N–H and O–H groups in total. The Morgan fingerprint density at radius 2 is 1.98 bits per heavy atom. The van der Waals surface area contributed by atoms with Crippen LogP contribution in [0.3, 0.4) is 0 Å². The molecular weight excluding hydrogens is 591 g/mol. The molecule has 0 aromatic carbocycles. The summed E-state index contributed by atoms with van der Waals surface area (Å²) in [6, 6.07) is 2.51. The van der Waals surface area contributed by atoms with Gasteiger partial charge in [0.1, 0.15) is 16.9 Å².